The molecule has 0 aliphatic carbocycles. The third kappa shape index (κ3) is 5.80. The van der Waals surface area contributed by atoms with Crippen molar-refractivity contribution in [1.82, 2.24) is 9.71 Å². The van der Waals surface area contributed by atoms with Gasteiger partial charge in [-0.2, -0.15) is 0 Å². The Morgan fingerprint density at radius 1 is 0.909 bits per heavy atom. The van der Waals surface area contributed by atoms with Gasteiger partial charge in [-0.05, 0) is 55.5 Å². The van der Waals surface area contributed by atoms with Gasteiger partial charge >= 0.3 is 0 Å². The lowest BCUT2D eigenvalue weighted by molar-refractivity contribution is 0.123. The number of H-pyrrole nitrogens is 1. The molecule has 0 fully saturated rings. The summed E-state index contributed by atoms with van der Waals surface area (Å²) >= 11 is 0. The third-order valence-electron chi connectivity index (χ3n) is 5.71. The highest BCUT2D eigenvalue weighted by Crippen LogP contribution is 2.32. The Bertz CT molecular complexity index is 1210. The summed E-state index contributed by atoms with van der Waals surface area (Å²) in [5, 5.41) is 1.14. The number of nitrogens with one attached hydrogen (secondary N) is 2. The molecule has 33 heavy (non-hydrogen) atoms. The second-order valence-electron chi connectivity index (χ2n) is 9.21. The molecule has 5 heteroatoms. The van der Waals surface area contributed by atoms with Crippen LogP contribution in [0.3, 0.4) is 0 Å². The van der Waals surface area contributed by atoms with Crippen LogP contribution in [-0.2, 0) is 28.8 Å². The van der Waals surface area contributed by atoms with E-state index in [2.05, 4.69) is 52.2 Å². The highest BCUT2D eigenvalue weighted by atomic mass is 32.2. The van der Waals surface area contributed by atoms with Crippen molar-refractivity contribution in [1.29, 1.82) is 0 Å². The van der Waals surface area contributed by atoms with Crippen LogP contribution in [0.15, 0.2) is 85.1 Å². The number of aromatic amines is 1. The Hall–Kier alpha value is -2.73. The average molecular weight is 461 g/mol. The van der Waals surface area contributed by atoms with Crippen LogP contribution in [0.4, 0.5) is 0 Å². The molecule has 4 rings (SSSR count). The summed E-state index contributed by atoms with van der Waals surface area (Å²) in [5.74, 6) is 0. The molecule has 0 bridgehead atoms. The zero-order valence-electron chi connectivity index (χ0n) is 19.5. The lowest BCUT2D eigenvalue weighted by Gasteiger charge is -2.26. The number of para-hydroxylation sites is 1. The van der Waals surface area contributed by atoms with E-state index in [1.165, 1.54) is 11.1 Å². The van der Waals surface area contributed by atoms with Gasteiger partial charge in [0.15, 0.2) is 0 Å². The molecule has 172 valence electrons. The highest BCUT2D eigenvalue weighted by Gasteiger charge is 2.27. The Morgan fingerprint density at radius 2 is 1.61 bits per heavy atom. The molecule has 0 saturated carbocycles. The van der Waals surface area contributed by atoms with Gasteiger partial charge in [-0.3, -0.25) is 0 Å². The van der Waals surface area contributed by atoms with Gasteiger partial charge in [-0.25, -0.2) is 8.93 Å². The zero-order valence-corrected chi connectivity index (χ0v) is 20.3. The van der Waals surface area contributed by atoms with Gasteiger partial charge in [0.25, 0.3) is 0 Å². The van der Waals surface area contributed by atoms with Gasteiger partial charge in [0, 0.05) is 17.1 Å². The van der Waals surface area contributed by atoms with Gasteiger partial charge in [0.1, 0.15) is 0 Å². The first-order valence-electron chi connectivity index (χ1n) is 11.4. The van der Waals surface area contributed by atoms with Crippen molar-refractivity contribution in [3.05, 3.63) is 107 Å². The Balaban J connectivity index is 1.61. The standard InChI is InChI=1S/C28H32N2O2S/c1-28(2,3)33(31)30-27(25-19-29-26-16-10-9-15-24(25)26)23-14-8-7-13-22(23)17-18-32-20-21-11-5-4-6-12-21/h4-16,19,27,29-30H,17-18,20H2,1-3H3/t27-,33?/m1/s1. The predicted octanol–water partition coefficient (Wildman–Crippen LogP) is 6.07. The van der Waals surface area contributed by atoms with Crippen LogP contribution in [0.2, 0.25) is 0 Å². The van der Waals surface area contributed by atoms with Gasteiger partial charge in [0.05, 0.1) is 35.0 Å². The Kier molecular flexibility index (Phi) is 7.43. The fourth-order valence-corrected chi connectivity index (χ4v) is 4.72. The zero-order chi connectivity index (χ0) is 23.3. The highest BCUT2D eigenvalue weighted by molar-refractivity contribution is 7.84. The molecule has 0 aliphatic heterocycles. The number of hydrogen-bond acceptors (Lipinski definition) is 2. The summed E-state index contributed by atoms with van der Waals surface area (Å²) in [4.78, 5) is 3.38. The number of rotatable bonds is 9. The molecule has 0 amide bonds. The smallest absolute Gasteiger partial charge is 0.0979 e. The molecule has 0 saturated heterocycles. The summed E-state index contributed by atoms with van der Waals surface area (Å²) in [6, 6.07) is 26.7. The fourth-order valence-electron chi connectivity index (χ4n) is 3.90. The molecule has 2 atom stereocenters. The van der Waals surface area contributed by atoms with Crippen LogP contribution in [0.25, 0.3) is 10.9 Å². The summed E-state index contributed by atoms with van der Waals surface area (Å²) in [7, 11) is -1.23. The molecule has 4 nitrogen and oxygen atoms in total. The Morgan fingerprint density at radius 3 is 2.39 bits per heavy atom. The molecule has 1 aromatic heterocycles. The second-order valence-corrected chi connectivity index (χ2v) is 11.2. The maximum atomic E-state index is 13.2. The quantitative estimate of drug-likeness (QED) is 0.298. The van der Waals surface area contributed by atoms with Crippen LogP contribution >= 0.6 is 0 Å². The molecule has 0 aliphatic rings. The van der Waals surface area contributed by atoms with E-state index < -0.39 is 11.0 Å². The van der Waals surface area contributed by atoms with Gasteiger partial charge in [-0.1, -0.05) is 72.8 Å². The van der Waals surface area contributed by atoms with Crippen molar-refractivity contribution in [2.45, 2.75) is 44.6 Å². The van der Waals surface area contributed by atoms with Crippen molar-refractivity contribution >= 4 is 21.9 Å². The third-order valence-corrected chi connectivity index (χ3v) is 7.27. The molecule has 1 heterocycles. The summed E-state index contributed by atoms with van der Waals surface area (Å²) in [6.07, 6.45) is 2.82. The number of benzene rings is 3. The van der Waals surface area contributed by atoms with Crippen LogP contribution in [0.5, 0.6) is 0 Å². The van der Waals surface area contributed by atoms with E-state index in [1.807, 2.05) is 63.4 Å². The van der Waals surface area contributed by atoms with Crippen molar-refractivity contribution in [2.24, 2.45) is 0 Å². The van der Waals surface area contributed by atoms with Crippen LogP contribution in [0, 0.1) is 0 Å². The number of hydrogen-bond donors (Lipinski definition) is 2. The molecular weight excluding hydrogens is 428 g/mol. The number of ether oxygens (including phenoxy) is 1. The minimum atomic E-state index is -1.23. The van der Waals surface area contributed by atoms with Crippen LogP contribution < -0.4 is 4.72 Å². The van der Waals surface area contributed by atoms with E-state index in [9.17, 15) is 4.21 Å². The van der Waals surface area contributed by atoms with E-state index in [1.54, 1.807) is 0 Å². The van der Waals surface area contributed by atoms with Gasteiger partial charge < -0.3 is 9.72 Å². The van der Waals surface area contributed by atoms with Crippen LogP contribution in [-0.4, -0.2) is 20.5 Å². The second kappa shape index (κ2) is 10.5. The van der Waals surface area contributed by atoms with Crippen LogP contribution in [0.1, 0.15) is 49.1 Å². The normalized spacial score (nSPS) is 13.8. The number of aromatic nitrogens is 1. The van der Waals surface area contributed by atoms with E-state index in [-0.39, 0.29) is 10.8 Å². The van der Waals surface area contributed by atoms with E-state index in [0.717, 1.165) is 28.5 Å². The molecule has 4 aromatic rings. The van der Waals surface area contributed by atoms with Crippen molar-refractivity contribution in [3.63, 3.8) is 0 Å². The van der Waals surface area contributed by atoms with Gasteiger partial charge in [0.2, 0.25) is 0 Å². The first kappa shape index (κ1) is 23.4. The van der Waals surface area contributed by atoms with Crippen molar-refractivity contribution < 1.29 is 8.95 Å². The minimum absolute atomic E-state index is 0.202. The lowest BCUT2D eigenvalue weighted by atomic mass is 9.93. The molecule has 0 radical (unpaired) electrons. The number of fused-ring (bicyclic) bond motifs is 1. The van der Waals surface area contributed by atoms with Gasteiger partial charge in [-0.15, -0.1) is 0 Å². The van der Waals surface area contributed by atoms with Crippen molar-refractivity contribution in [3.8, 4) is 0 Å². The van der Waals surface area contributed by atoms with Crippen molar-refractivity contribution in [2.75, 3.05) is 6.61 Å². The van der Waals surface area contributed by atoms with E-state index in [4.69, 9.17) is 4.74 Å². The molecular formula is C28H32N2O2S. The maximum absolute atomic E-state index is 13.2. The predicted molar refractivity (Wildman–Crippen MR) is 137 cm³/mol. The molecule has 2 N–H and O–H groups in total. The van der Waals surface area contributed by atoms with E-state index >= 15 is 0 Å². The first-order valence-corrected chi connectivity index (χ1v) is 12.5. The fraction of sp³-hybridized carbons (Fsp3) is 0.286. The minimum Gasteiger partial charge on any atom is -0.376 e. The average Bonchev–Trinajstić information content (AvgIpc) is 3.24. The lowest BCUT2D eigenvalue weighted by Crippen LogP contribution is -2.36. The maximum Gasteiger partial charge on any atom is 0.0979 e. The topological polar surface area (TPSA) is 54.1 Å². The Labute approximate surface area is 199 Å². The first-order chi connectivity index (χ1) is 15.9. The summed E-state index contributed by atoms with van der Waals surface area (Å²) < 4.78 is 22.2. The molecule has 0 spiro atoms. The van der Waals surface area contributed by atoms with E-state index in [0.29, 0.717) is 13.2 Å². The molecule has 3 aromatic carbocycles. The largest absolute Gasteiger partial charge is 0.376 e. The SMILES string of the molecule is CC(C)(C)S(=O)N[C@H](c1ccccc1CCOCc1ccccc1)c1c[nH]c2ccccc12. The summed E-state index contributed by atoms with van der Waals surface area (Å²) in [6.45, 7) is 7.19. The molecule has 1 unspecified atom stereocenters. The summed E-state index contributed by atoms with van der Waals surface area (Å²) in [5.41, 5.74) is 5.66. The monoisotopic (exact) mass is 460 g/mol.